The van der Waals surface area contributed by atoms with Crippen molar-refractivity contribution < 1.29 is 23.9 Å². The third-order valence-electron chi connectivity index (χ3n) is 6.37. The van der Waals surface area contributed by atoms with Crippen LogP contribution in [0, 0.1) is 11.8 Å². The Morgan fingerprint density at radius 1 is 0.917 bits per heavy atom. The molecule has 0 aliphatic carbocycles. The predicted molar refractivity (Wildman–Crippen MR) is 141 cm³/mol. The van der Waals surface area contributed by atoms with Crippen molar-refractivity contribution in [1.29, 1.82) is 0 Å². The molecule has 0 spiro atoms. The van der Waals surface area contributed by atoms with Crippen molar-refractivity contribution in [2.24, 2.45) is 17.6 Å². The van der Waals surface area contributed by atoms with E-state index in [0.717, 1.165) is 43.4 Å². The largest absolute Gasteiger partial charge is 0.461 e. The molecule has 8 heteroatoms. The number of nitrogens with two attached hydrogens (primary N) is 1. The first-order valence-corrected chi connectivity index (χ1v) is 13.1. The van der Waals surface area contributed by atoms with Crippen LogP contribution in [0.2, 0.25) is 0 Å². The van der Waals surface area contributed by atoms with Gasteiger partial charge in [-0.2, -0.15) is 0 Å². The smallest absolute Gasteiger partial charge is 0.312 e. The standard InChI is InChI=1S/C28H45N3O5/c1-20(2)25(10-7-5-6-9-21(3)32)18-31-26(11-8-16-30-28(29)35)27(34)17-23-12-14-24(15-13-23)19-36-22(4)33/h12-15,20,25-26,31H,5-11,16-19H2,1-4H3,(H3,29,30,35)/t25-,26+/m1/s1. The van der Waals surface area contributed by atoms with Crippen LogP contribution in [0.5, 0.6) is 0 Å². The molecule has 36 heavy (non-hydrogen) atoms. The summed E-state index contributed by atoms with van der Waals surface area (Å²) in [5.41, 5.74) is 6.93. The van der Waals surface area contributed by atoms with Gasteiger partial charge >= 0.3 is 12.0 Å². The number of rotatable bonds is 19. The van der Waals surface area contributed by atoms with Crippen LogP contribution in [-0.4, -0.2) is 42.7 Å². The molecule has 0 radical (unpaired) electrons. The molecule has 2 atom stereocenters. The highest BCUT2D eigenvalue weighted by Gasteiger charge is 2.21. The van der Waals surface area contributed by atoms with Gasteiger partial charge in [-0.05, 0) is 62.1 Å². The summed E-state index contributed by atoms with van der Waals surface area (Å²) in [6.07, 6.45) is 6.28. The molecule has 1 aromatic carbocycles. The van der Waals surface area contributed by atoms with Crippen LogP contribution >= 0.6 is 0 Å². The summed E-state index contributed by atoms with van der Waals surface area (Å²) in [5.74, 6) is 0.920. The summed E-state index contributed by atoms with van der Waals surface area (Å²) in [5, 5.41) is 6.09. The molecule has 0 saturated carbocycles. The maximum atomic E-state index is 13.2. The number of Topliss-reactive ketones (excluding diaryl/α,β-unsaturated/α-hetero) is 2. The molecule has 0 bridgehead atoms. The van der Waals surface area contributed by atoms with Crippen molar-refractivity contribution in [3.05, 3.63) is 35.4 Å². The van der Waals surface area contributed by atoms with E-state index in [2.05, 4.69) is 24.5 Å². The molecular weight excluding hydrogens is 458 g/mol. The van der Waals surface area contributed by atoms with Crippen LogP contribution in [0.4, 0.5) is 4.79 Å². The molecular formula is C28H45N3O5. The number of ketones is 2. The second kappa shape index (κ2) is 17.7. The zero-order valence-electron chi connectivity index (χ0n) is 22.4. The SMILES string of the molecule is CC(=O)CCCCC[C@H](CN[C@@H](CCCNC(N)=O)C(=O)Cc1ccc(COC(C)=O)cc1)C(C)C. The van der Waals surface area contributed by atoms with Crippen molar-refractivity contribution >= 4 is 23.6 Å². The van der Waals surface area contributed by atoms with E-state index in [4.69, 9.17) is 10.5 Å². The average molecular weight is 504 g/mol. The number of carbonyl (C=O) groups is 4. The summed E-state index contributed by atoms with van der Waals surface area (Å²) in [6, 6.07) is 6.63. The maximum Gasteiger partial charge on any atom is 0.312 e. The Morgan fingerprint density at radius 3 is 2.17 bits per heavy atom. The van der Waals surface area contributed by atoms with Crippen LogP contribution in [0.25, 0.3) is 0 Å². The molecule has 0 saturated heterocycles. The minimum atomic E-state index is -0.565. The number of benzene rings is 1. The first-order chi connectivity index (χ1) is 17.1. The van der Waals surface area contributed by atoms with Gasteiger partial charge in [-0.1, -0.05) is 51.0 Å². The number of esters is 1. The van der Waals surface area contributed by atoms with Gasteiger partial charge in [0.1, 0.15) is 12.4 Å². The number of carbonyl (C=O) groups excluding carboxylic acids is 4. The Hall–Kier alpha value is -2.74. The lowest BCUT2D eigenvalue weighted by atomic mass is 9.89. The van der Waals surface area contributed by atoms with Crippen molar-refractivity contribution in [2.75, 3.05) is 13.1 Å². The molecule has 0 fully saturated rings. The van der Waals surface area contributed by atoms with Crippen molar-refractivity contribution in [2.45, 2.75) is 91.7 Å². The molecule has 8 nitrogen and oxygen atoms in total. The number of primary amides is 1. The van der Waals surface area contributed by atoms with Gasteiger partial charge in [0.05, 0.1) is 6.04 Å². The van der Waals surface area contributed by atoms with Crippen LogP contribution in [0.1, 0.15) is 83.8 Å². The molecule has 0 heterocycles. The number of ether oxygens (including phenoxy) is 1. The summed E-state index contributed by atoms with van der Waals surface area (Å²) >= 11 is 0. The van der Waals surface area contributed by atoms with E-state index in [1.54, 1.807) is 6.92 Å². The topological polar surface area (TPSA) is 128 Å². The molecule has 0 unspecified atom stereocenters. The number of hydrogen-bond acceptors (Lipinski definition) is 6. The van der Waals surface area contributed by atoms with Gasteiger partial charge in [-0.25, -0.2) is 4.79 Å². The summed E-state index contributed by atoms with van der Waals surface area (Å²) in [7, 11) is 0. The lowest BCUT2D eigenvalue weighted by Gasteiger charge is -2.25. The third kappa shape index (κ3) is 14.6. The van der Waals surface area contributed by atoms with E-state index < -0.39 is 6.03 Å². The minimum absolute atomic E-state index is 0.103. The Kier molecular flexibility index (Phi) is 15.3. The summed E-state index contributed by atoms with van der Waals surface area (Å²) in [6.45, 7) is 8.79. The van der Waals surface area contributed by atoms with Crippen LogP contribution in [-0.2, 0) is 32.1 Å². The molecule has 0 aliphatic heterocycles. The Labute approximate surface area is 216 Å². The predicted octanol–water partition coefficient (Wildman–Crippen LogP) is 4.08. The Balaban J connectivity index is 2.70. The van der Waals surface area contributed by atoms with E-state index in [0.29, 0.717) is 44.1 Å². The van der Waals surface area contributed by atoms with Gasteiger partial charge in [0.15, 0.2) is 5.78 Å². The molecule has 2 amide bonds. The fourth-order valence-corrected chi connectivity index (χ4v) is 4.08. The molecule has 1 rings (SSSR count). The van der Waals surface area contributed by atoms with Crippen LogP contribution in [0.15, 0.2) is 24.3 Å². The summed E-state index contributed by atoms with van der Waals surface area (Å²) in [4.78, 5) is 46.3. The van der Waals surface area contributed by atoms with E-state index in [-0.39, 0.29) is 30.2 Å². The fourth-order valence-electron chi connectivity index (χ4n) is 4.08. The number of unbranched alkanes of at least 4 members (excludes halogenated alkanes) is 2. The van der Waals surface area contributed by atoms with Crippen molar-refractivity contribution in [3.8, 4) is 0 Å². The van der Waals surface area contributed by atoms with Gasteiger partial charge in [0.2, 0.25) is 0 Å². The molecule has 202 valence electrons. The van der Waals surface area contributed by atoms with E-state index in [9.17, 15) is 19.2 Å². The molecule has 1 aromatic rings. The Morgan fingerprint density at radius 2 is 1.58 bits per heavy atom. The molecule has 0 aliphatic rings. The average Bonchev–Trinajstić information content (AvgIpc) is 2.80. The zero-order chi connectivity index (χ0) is 26.9. The second-order valence-electron chi connectivity index (χ2n) is 9.94. The highest BCUT2D eigenvalue weighted by atomic mass is 16.5. The first-order valence-electron chi connectivity index (χ1n) is 13.1. The van der Waals surface area contributed by atoms with Crippen LogP contribution in [0.3, 0.4) is 0 Å². The van der Waals surface area contributed by atoms with E-state index in [1.807, 2.05) is 24.3 Å². The van der Waals surface area contributed by atoms with Gasteiger partial charge < -0.3 is 25.9 Å². The minimum Gasteiger partial charge on any atom is -0.461 e. The van der Waals surface area contributed by atoms with E-state index in [1.165, 1.54) is 6.92 Å². The van der Waals surface area contributed by atoms with Crippen molar-refractivity contribution in [3.63, 3.8) is 0 Å². The van der Waals surface area contributed by atoms with Gasteiger partial charge in [0.25, 0.3) is 0 Å². The van der Waals surface area contributed by atoms with Crippen LogP contribution < -0.4 is 16.4 Å². The normalized spacial score (nSPS) is 12.7. The maximum absolute atomic E-state index is 13.2. The highest BCUT2D eigenvalue weighted by Crippen LogP contribution is 2.19. The number of hydrogen-bond donors (Lipinski definition) is 3. The molecule has 0 aromatic heterocycles. The zero-order valence-corrected chi connectivity index (χ0v) is 22.4. The van der Waals surface area contributed by atoms with Gasteiger partial charge in [-0.3, -0.25) is 9.59 Å². The Bertz CT molecular complexity index is 823. The molecule has 4 N–H and O–H groups in total. The number of amides is 2. The lowest BCUT2D eigenvalue weighted by Crippen LogP contribution is -2.42. The highest BCUT2D eigenvalue weighted by molar-refractivity contribution is 5.86. The number of urea groups is 1. The number of nitrogens with one attached hydrogen (secondary N) is 2. The van der Waals surface area contributed by atoms with E-state index >= 15 is 0 Å². The van der Waals surface area contributed by atoms with Crippen molar-refractivity contribution in [1.82, 2.24) is 10.6 Å². The lowest BCUT2D eigenvalue weighted by molar-refractivity contribution is -0.142. The second-order valence-corrected chi connectivity index (χ2v) is 9.94. The summed E-state index contributed by atoms with van der Waals surface area (Å²) < 4.78 is 5.01. The third-order valence-corrected chi connectivity index (χ3v) is 6.37. The fraction of sp³-hybridized carbons (Fsp3) is 0.643. The van der Waals surface area contributed by atoms with Gasteiger partial charge in [-0.15, -0.1) is 0 Å². The first kappa shape index (κ1) is 31.3. The van der Waals surface area contributed by atoms with Gasteiger partial charge in [0, 0.05) is 26.3 Å². The quantitative estimate of drug-likeness (QED) is 0.193. The monoisotopic (exact) mass is 503 g/mol.